The Balaban J connectivity index is 2.28. The summed E-state index contributed by atoms with van der Waals surface area (Å²) in [5.74, 6) is 0.425. The third kappa shape index (κ3) is 3.80. The van der Waals surface area contributed by atoms with E-state index in [4.69, 9.17) is 11.5 Å². The maximum atomic E-state index is 11.0. The number of nitrogens with two attached hydrogens (primary N) is 2. The Labute approximate surface area is 92.0 Å². The van der Waals surface area contributed by atoms with Crippen LogP contribution < -0.4 is 11.5 Å². The predicted octanol–water partition coefficient (Wildman–Crippen LogP) is 0.311. The highest BCUT2D eigenvalue weighted by Gasteiger charge is 2.26. The molecule has 1 heterocycles. The van der Waals surface area contributed by atoms with Crippen molar-refractivity contribution in [1.29, 1.82) is 0 Å². The molecule has 4 heteroatoms. The molecule has 4 nitrogen and oxygen atoms in total. The molecular formula is C11H23N3O. The van der Waals surface area contributed by atoms with Crippen molar-refractivity contribution < 1.29 is 4.79 Å². The summed E-state index contributed by atoms with van der Waals surface area (Å²) >= 11 is 0. The topological polar surface area (TPSA) is 72.3 Å². The molecule has 4 N–H and O–H groups in total. The fraction of sp³-hybridized carbons (Fsp3) is 0.909. The number of rotatable bonds is 4. The number of nitrogens with zero attached hydrogens (tertiary/aromatic N) is 1. The third-order valence-electron chi connectivity index (χ3n) is 3.39. The van der Waals surface area contributed by atoms with Crippen LogP contribution in [0.2, 0.25) is 0 Å². The molecule has 0 saturated carbocycles. The Morgan fingerprint density at radius 2 is 2.00 bits per heavy atom. The fourth-order valence-electron chi connectivity index (χ4n) is 1.80. The van der Waals surface area contributed by atoms with Crippen molar-refractivity contribution in [2.75, 3.05) is 19.6 Å². The van der Waals surface area contributed by atoms with E-state index in [1.807, 2.05) is 0 Å². The van der Waals surface area contributed by atoms with Crippen molar-refractivity contribution in [3.05, 3.63) is 0 Å². The summed E-state index contributed by atoms with van der Waals surface area (Å²) in [7, 11) is 0. The molecule has 0 aromatic rings. The molecule has 1 rings (SSSR count). The average molecular weight is 213 g/mol. The van der Waals surface area contributed by atoms with Crippen molar-refractivity contribution in [2.24, 2.45) is 17.4 Å². The average Bonchev–Trinajstić information content (AvgIpc) is 2.17. The van der Waals surface area contributed by atoms with Crippen LogP contribution in [0, 0.1) is 5.92 Å². The molecule has 0 radical (unpaired) electrons. The Hall–Kier alpha value is -0.610. The van der Waals surface area contributed by atoms with Crippen molar-refractivity contribution in [2.45, 2.75) is 38.6 Å². The van der Waals surface area contributed by atoms with Crippen LogP contribution >= 0.6 is 0 Å². The Morgan fingerprint density at radius 3 is 2.47 bits per heavy atom. The molecule has 1 amide bonds. The lowest BCUT2D eigenvalue weighted by atomic mass is 9.95. The Morgan fingerprint density at radius 1 is 1.47 bits per heavy atom. The third-order valence-corrected chi connectivity index (χ3v) is 3.39. The van der Waals surface area contributed by atoms with Gasteiger partial charge in [0, 0.05) is 6.54 Å². The fourth-order valence-corrected chi connectivity index (χ4v) is 1.80. The maximum Gasteiger partial charge on any atom is 0.237 e. The number of amides is 1. The summed E-state index contributed by atoms with van der Waals surface area (Å²) in [5.41, 5.74) is 10.2. The van der Waals surface area contributed by atoms with Crippen LogP contribution in [-0.2, 0) is 4.79 Å². The standard InChI is InChI=1S/C11H23N3O/c1-9-3-6-14(7-4-9)8-5-11(2,13)10(12)15/h9H,3-8,13H2,1-2H3,(H2,12,15). The lowest BCUT2D eigenvalue weighted by molar-refractivity contribution is -0.122. The highest BCUT2D eigenvalue weighted by atomic mass is 16.1. The van der Waals surface area contributed by atoms with Crippen LogP contribution in [0.1, 0.15) is 33.1 Å². The number of primary amides is 1. The summed E-state index contributed by atoms with van der Waals surface area (Å²) < 4.78 is 0. The second-order valence-corrected chi connectivity index (χ2v) is 5.06. The van der Waals surface area contributed by atoms with Gasteiger partial charge >= 0.3 is 0 Å². The van der Waals surface area contributed by atoms with E-state index >= 15 is 0 Å². The van der Waals surface area contributed by atoms with Crippen LogP contribution in [0.25, 0.3) is 0 Å². The van der Waals surface area contributed by atoms with E-state index in [0.29, 0.717) is 6.42 Å². The normalized spacial score (nSPS) is 23.7. The first kappa shape index (κ1) is 12.5. The first-order valence-corrected chi connectivity index (χ1v) is 5.73. The van der Waals surface area contributed by atoms with Gasteiger partial charge in [0.15, 0.2) is 0 Å². The van der Waals surface area contributed by atoms with Gasteiger partial charge in [-0.15, -0.1) is 0 Å². The molecular weight excluding hydrogens is 190 g/mol. The number of piperidine rings is 1. The highest BCUT2D eigenvalue weighted by molar-refractivity contribution is 5.83. The number of carbonyl (C=O) groups is 1. The zero-order valence-corrected chi connectivity index (χ0v) is 9.83. The SMILES string of the molecule is CC1CCN(CCC(C)(N)C(N)=O)CC1. The molecule has 1 unspecified atom stereocenters. The zero-order chi connectivity index (χ0) is 11.5. The quantitative estimate of drug-likeness (QED) is 0.706. The largest absolute Gasteiger partial charge is 0.368 e. The minimum absolute atomic E-state index is 0.409. The van der Waals surface area contributed by atoms with E-state index in [9.17, 15) is 4.79 Å². The van der Waals surface area contributed by atoms with Crippen molar-refractivity contribution in [3.8, 4) is 0 Å². The van der Waals surface area contributed by atoms with Gasteiger partial charge in [-0.2, -0.15) is 0 Å². The number of hydrogen-bond donors (Lipinski definition) is 2. The van der Waals surface area contributed by atoms with Gasteiger partial charge in [-0.25, -0.2) is 0 Å². The second-order valence-electron chi connectivity index (χ2n) is 5.06. The van der Waals surface area contributed by atoms with E-state index in [1.54, 1.807) is 6.92 Å². The van der Waals surface area contributed by atoms with Gasteiger partial charge in [0.1, 0.15) is 0 Å². The van der Waals surface area contributed by atoms with Gasteiger partial charge in [-0.1, -0.05) is 6.92 Å². The molecule has 88 valence electrons. The highest BCUT2D eigenvalue weighted by Crippen LogP contribution is 2.17. The molecule has 1 aliphatic heterocycles. The van der Waals surface area contributed by atoms with Gasteiger partial charge in [0.2, 0.25) is 5.91 Å². The van der Waals surface area contributed by atoms with Gasteiger partial charge in [0.05, 0.1) is 5.54 Å². The van der Waals surface area contributed by atoms with E-state index in [-0.39, 0.29) is 0 Å². The molecule has 1 saturated heterocycles. The van der Waals surface area contributed by atoms with Crippen LogP contribution in [0.4, 0.5) is 0 Å². The van der Waals surface area contributed by atoms with Gasteiger partial charge < -0.3 is 16.4 Å². The Bertz CT molecular complexity index is 220. The van der Waals surface area contributed by atoms with E-state index in [1.165, 1.54) is 12.8 Å². The van der Waals surface area contributed by atoms with Crippen molar-refractivity contribution >= 4 is 5.91 Å². The lowest BCUT2D eigenvalue weighted by Gasteiger charge is -2.32. The van der Waals surface area contributed by atoms with Crippen LogP contribution in [0.15, 0.2) is 0 Å². The monoisotopic (exact) mass is 213 g/mol. The second kappa shape index (κ2) is 4.94. The maximum absolute atomic E-state index is 11.0. The summed E-state index contributed by atoms with van der Waals surface area (Å²) in [6, 6.07) is 0. The summed E-state index contributed by atoms with van der Waals surface area (Å²) in [4.78, 5) is 13.4. The smallest absolute Gasteiger partial charge is 0.237 e. The van der Waals surface area contributed by atoms with Crippen LogP contribution in [-0.4, -0.2) is 36.0 Å². The molecule has 15 heavy (non-hydrogen) atoms. The number of carbonyl (C=O) groups excluding carboxylic acids is 1. The van der Waals surface area contributed by atoms with Crippen molar-refractivity contribution in [3.63, 3.8) is 0 Å². The lowest BCUT2D eigenvalue weighted by Crippen LogP contribution is -2.51. The minimum Gasteiger partial charge on any atom is -0.368 e. The van der Waals surface area contributed by atoms with Crippen LogP contribution in [0.3, 0.4) is 0 Å². The first-order valence-electron chi connectivity index (χ1n) is 5.73. The molecule has 0 bridgehead atoms. The first-order chi connectivity index (χ1) is 6.92. The minimum atomic E-state index is -0.858. The summed E-state index contributed by atoms with van der Waals surface area (Å²) in [5, 5.41) is 0. The van der Waals surface area contributed by atoms with E-state index in [2.05, 4.69) is 11.8 Å². The predicted molar refractivity (Wildman–Crippen MR) is 61.2 cm³/mol. The van der Waals surface area contributed by atoms with Gasteiger partial charge in [0.25, 0.3) is 0 Å². The number of likely N-dealkylation sites (tertiary alicyclic amines) is 1. The number of hydrogen-bond acceptors (Lipinski definition) is 3. The molecule has 0 spiro atoms. The van der Waals surface area contributed by atoms with E-state index < -0.39 is 11.4 Å². The Kier molecular flexibility index (Phi) is 4.11. The summed E-state index contributed by atoms with van der Waals surface area (Å²) in [6.07, 6.45) is 3.15. The molecule has 0 aliphatic carbocycles. The molecule has 1 atom stereocenters. The molecule has 0 aromatic heterocycles. The molecule has 1 fully saturated rings. The molecule has 0 aromatic carbocycles. The summed E-state index contributed by atoms with van der Waals surface area (Å²) in [6.45, 7) is 7.12. The van der Waals surface area contributed by atoms with Gasteiger partial charge in [-0.05, 0) is 45.2 Å². The molecule has 1 aliphatic rings. The zero-order valence-electron chi connectivity index (χ0n) is 9.83. The van der Waals surface area contributed by atoms with Crippen LogP contribution in [0.5, 0.6) is 0 Å². The van der Waals surface area contributed by atoms with Crippen molar-refractivity contribution in [1.82, 2.24) is 4.90 Å². The van der Waals surface area contributed by atoms with Gasteiger partial charge in [-0.3, -0.25) is 4.79 Å². The van der Waals surface area contributed by atoms with E-state index in [0.717, 1.165) is 25.6 Å².